The van der Waals surface area contributed by atoms with Crippen molar-refractivity contribution < 1.29 is 92.9 Å². The van der Waals surface area contributed by atoms with Crippen LogP contribution in [0.15, 0.2) is 97.1 Å². The number of hydrogen-bond donors (Lipinski definition) is 10. The quantitative estimate of drug-likeness (QED) is 0.0605. The molecule has 3 aliphatic heterocycles. The second kappa shape index (κ2) is 18.7. The van der Waals surface area contributed by atoms with Gasteiger partial charge in [-0.15, -0.1) is 11.8 Å². The second-order valence-electron chi connectivity index (χ2n) is 14.9. The zero-order valence-corrected chi connectivity index (χ0v) is 34.1. The Morgan fingerprint density at radius 2 is 1.29 bits per heavy atom. The number of carbonyl (C=O) groups excluding carboxylic acids is 1. The highest BCUT2D eigenvalue weighted by atomic mass is 32.2. The van der Waals surface area contributed by atoms with Crippen molar-refractivity contribution in [2.24, 2.45) is 0 Å². The molecule has 0 saturated carbocycles. The van der Waals surface area contributed by atoms with Crippen molar-refractivity contribution in [1.29, 1.82) is 0 Å². The summed E-state index contributed by atoms with van der Waals surface area (Å²) in [4.78, 5) is 58.8. The Hall–Kier alpha value is -4.84. The summed E-state index contributed by atoms with van der Waals surface area (Å²) in [5.41, 5.74) is 1.73. The third-order valence-electron chi connectivity index (χ3n) is 10.8. The second-order valence-corrected chi connectivity index (χ2v) is 17.6. The normalized spacial score (nSPS) is 30.3. The van der Waals surface area contributed by atoms with Gasteiger partial charge in [0, 0.05) is 17.0 Å². The minimum absolute atomic E-state index is 0.121. The van der Waals surface area contributed by atoms with Crippen LogP contribution in [0.25, 0.3) is 11.1 Å². The monoisotopic (exact) mass is 917 g/mol. The third kappa shape index (κ3) is 9.52. The summed E-state index contributed by atoms with van der Waals surface area (Å²) in [6, 6.07) is 22.2. The molecule has 63 heavy (non-hydrogen) atoms. The van der Waals surface area contributed by atoms with Gasteiger partial charge in [-0.25, -0.2) is 14.0 Å². The number of anilines is 1. The van der Waals surface area contributed by atoms with Gasteiger partial charge in [-0.1, -0.05) is 54.6 Å². The van der Waals surface area contributed by atoms with Crippen molar-refractivity contribution in [3.63, 3.8) is 0 Å². The van der Waals surface area contributed by atoms with Gasteiger partial charge in [0.1, 0.15) is 53.4 Å². The lowest BCUT2D eigenvalue weighted by molar-refractivity contribution is -0.303. The van der Waals surface area contributed by atoms with Crippen LogP contribution in [0, 0.1) is 5.82 Å². The Morgan fingerprint density at radius 1 is 0.730 bits per heavy atom. The molecule has 0 aromatic heterocycles. The Bertz CT molecular complexity index is 2340. The number of para-hydroxylation sites is 1. The first-order chi connectivity index (χ1) is 29.8. The van der Waals surface area contributed by atoms with Gasteiger partial charge >= 0.3 is 19.5 Å². The fourth-order valence-corrected chi connectivity index (χ4v) is 9.29. The lowest BCUT2D eigenvalue weighted by Gasteiger charge is -2.48. The summed E-state index contributed by atoms with van der Waals surface area (Å²) >= 11 is 1.01. The molecule has 3 aliphatic rings. The summed E-state index contributed by atoms with van der Waals surface area (Å²) in [6.45, 7) is 0. The highest BCUT2D eigenvalue weighted by Gasteiger charge is 2.53. The Kier molecular flexibility index (Phi) is 13.7. The molecule has 6 unspecified atom stereocenters. The van der Waals surface area contributed by atoms with E-state index in [1.165, 1.54) is 47.4 Å². The van der Waals surface area contributed by atoms with Gasteiger partial charge in [0.05, 0.1) is 17.5 Å². The molecule has 1 amide bonds. The SMILES string of the molecule is O=C(O)C1O[C@@H](Oc2cc(-c3ccc(P(=O)(O)O)cc3)ccc2[C@@H]2[C@@H](SC[C@H](O[C@@H]3OC(C(=O)O)[C@H](O)[C@H](O)C3O)c3ccc(F)cc3)C(=O)N2c2ccccc2)C(O)C(O)C1O. The lowest BCUT2D eigenvalue weighted by atomic mass is 9.90. The van der Waals surface area contributed by atoms with Crippen LogP contribution in [0.1, 0.15) is 23.3 Å². The molecule has 4 aromatic carbocycles. The largest absolute Gasteiger partial charge is 0.479 e. The maximum Gasteiger partial charge on any atom is 0.356 e. The van der Waals surface area contributed by atoms with Gasteiger partial charge < -0.3 is 74.5 Å². The number of amides is 1. The van der Waals surface area contributed by atoms with Gasteiger partial charge in [-0.2, -0.15) is 0 Å². The predicted molar refractivity (Wildman–Crippen MR) is 216 cm³/mol. The number of carboxylic acid groups (broad SMARTS) is 2. The van der Waals surface area contributed by atoms with Gasteiger partial charge in [0.2, 0.25) is 12.2 Å². The molecule has 0 aliphatic carbocycles. The zero-order valence-electron chi connectivity index (χ0n) is 32.4. The van der Waals surface area contributed by atoms with E-state index < -0.39 is 110 Å². The summed E-state index contributed by atoms with van der Waals surface area (Å²) in [5, 5.41) is 81.5. The van der Waals surface area contributed by atoms with E-state index in [1.54, 1.807) is 42.5 Å². The van der Waals surface area contributed by atoms with Crippen molar-refractivity contribution >= 4 is 48.2 Å². The number of nitrogens with zero attached hydrogens (tertiary/aromatic N) is 1. The minimum Gasteiger partial charge on any atom is -0.479 e. The number of aliphatic hydroxyl groups excluding tert-OH is 6. The van der Waals surface area contributed by atoms with Crippen LogP contribution in [0.3, 0.4) is 0 Å². The summed E-state index contributed by atoms with van der Waals surface area (Å²) in [5.74, 6) is -4.69. The first kappa shape index (κ1) is 46.2. The van der Waals surface area contributed by atoms with Crippen molar-refractivity contribution in [2.45, 2.75) is 78.8 Å². The van der Waals surface area contributed by atoms with Crippen LogP contribution in [0.5, 0.6) is 5.75 Å². The number of halogens is 1. The number of ether oxygens (including phenoxy) is 4. The van der Waals surface area contributed by atoms with Crippen LogP contribution in [0.4, 0.5) is 10.1 Å². The molecule has 0 radical (unpaired) electrons. The molecule has 4 aromatic rings. The first-order valence-electron chi connectivity index (χ1n) is 19.1. The Morgan fingerprint density at radius 3 is 1.86 bits per heavy atom. The summed E-state index contributed by atoms with van der Waals surface area (Å²) in [6.07, 6.45) is -21.0. The van der Waals surface area contributed by atoms with E-state index >= 15 is 0 Å². The number of carboxylic acids is 2. The van der Waals surface area contributed by atoms with E-state index in [0.29, 0.717) is 16.8 Å². The number of hydrogen-bond acceptors (Lipinski definition) is 15. The standard InChI is InChI=1S/C41H41FNO18PS/c42-21-11-6-19(7-12-21)26(59-41-33(49)29(45)31(47)35(61-41)39(53)54)17-63-36-27(43(37(36)50)22-4-2-1-3-5-22)24-15-10-20(18-8-13-23(14-9-18)62(55,56)57)16-25(24)58-40-32(48)28(44)30(46)34(60-40)38(51)52/h1-16,26-36,40-41,44-49H,17H2,(H,51,52)(H,53,54)(H2,55,56,57)/t26-,27+,28?,29-,30?,31+,32?,33?,34?,35?,36+,40+,41+/m0/s1. The topological polar surface area (TPSA) is 311 Å². The highest BCUT2D eigenvalue weighted by Crippen LogP contribution is 2.50. The van der Waals surface area contributed by atoms with E-state index in [-0.39, 0.29) is 27.9 Å². The van der Waals surface area contributed by atoms with Crippen LogP contribution in [0.2, 0.25) is 0 Å². The number of rotatable bonds is 14. The molecule has 22 heteroatoms. The molecule has 0 spiro atoms. The highest BCUT2D eigenvalue weighted by molar-refractivity contribution is 8.00. The molecule has 7 rings (SSSR count). The number of aliphatic hydroxyl groups is 6. The number of β-lactam (4-membered cyclic amide) rings is 1. The van der Waals surface area contributed by atoms with Gasteiger partial charge in [-0.3, -0.25) is 9.36 Å². The smallest absolute Gasteiger partial charge is 0.356 e. The van der Waals surface area contributed by atoms with Crippen molar-refractivity contribution in [1.82, 2.24) is 0 Å². The lowest BCUT2D eigenvalue weighted by Crippen LogP contribution is -2.61. The molecule has 3 heterocycles. The van der Waals surface area contributed by atoms with Crippen LogP contribution >= 0.6 is 19.4 Å². The first-order valence-corrected chi connectivity index (χ1v) is 21.7. The third-order valence-corrected chi connectivity index (χ3v) is 13.1. The van der Waals surface area contributed by atoms with Gasteiger partial charge in [0.25, 0.3) is 0 Å². The molecule has 0 bridgehead atoms. The maximum atomic E-state index is 14.3. The molecule has 10 N–H and O–H groups in total. The molecule has 3 saturated heterocycles. The fraction of sp³-hybridized carbons (Fsp3) is 0.341. The number of benzene rings is 4. The predicted octanol–water partition coefficient (Wildman–Crippen LogP) is 0.406. The van der Waals surface area contributed by atoms with E-state index in [4.69, 9.17) is 18.9 Å². The van der Waals surface area contributed by atoms with E-state index in [2.05, 4.69) is 0 Å². The van der Waals surface area contributed by atoms with E-state index in [9.17, 15) is 74.0 Å². The number of aliphatic carboxylic acids is 2. The van der Waals surface area contributed by atoms with Crippen LogP contribution in [-0.2, 0) is 33.2 Å². The average Bonchev–Trinajstić information content (AvgIpc) is 3.25. The van der Waals surface area contributed by atoms with Gasteiger partial charge in [0.15, 0.2) is 18.5 Å². The Balaban J connectivity index is 1.27. The fourth-order valence-electron chi connectivity index (χ4n) is 7.40. The molecule has 13 atom stereocenters. The van der Waals surface area contributed by atoms with Gasteiger partial charge in [-0.05, 0) is 59.2 Å². The van der Waals surface area contributed by atoms with E-state index in [0.717, 1.165) is 23.9 Å². The number of thioether (sulfide) groups is 1. The molecular weight excluding hydrogens is 876 g/mol. The summed E-state index contributed by atoms with van der Waals surface area (Å²) < 4.78 is 49.0. The number of carbonyl (C=O) groups is 3. The van der Waals surface area contributed by atoms with Crippen molar-refractivity contribution in [2.75, 3.05) is 10.7 Å². The zero-order chi connectivity index (χ0) is 45.5. The molecule has 336 valence electrons. The molecule has 3 fully saturated rings. The average molecular weight is 918 g/mol. The Labute approximate surface area is 360 Å². The van der Waals surface area contributed by atoms with Crippen LogP contribution < -0.4 is 14.9 Å². The van der Waals surface area contributed by atoms with Crippen molar-refractivity contribution in [3.8, 4) is 16.9 Å². The molecule has 19 nitrogen and oxygen atoms in total. The summed E-state index contributed by atoms with van der Waals surface area (Å²) in [7, 11) is -4.61. The van der Waals surface area contributed by atoms with E-state index in [1.807, 2.05) is 0 Å². The maximum absolute atomic E-state index is 14.3. The van der Waals surface area contributed by atoms with Crippen molar-refractivity contribution in [3.05, 3.63) is 114 Å². The molecular formula is C41H41FNO18PS. The van der Waals surface area contributed by atoms with Crippen LogP contribution in [-0.4, -0.2) is 141 Å². The minimum atomic E-state index is -4.61.